The molecule has 0 amide bonds. The molecule has 1 rings (SSSR count). The summed E-state index contributed by atoms with van der Waals surface area (Å²) >= 11 is 0. The molecular formula is C11H23NO3. The van der Waals surface area contributed by atoms with E-state index in [0.29, 0.717) is 13.2 Å². The Kier molecular flexibility index (Phi) is 5.53. The van der Waals surface area contributed by atoms with Gasteiger partial charge in [0.2, 0.25) is 0 Å². The lowest BCUT2D eigenvalue weighted by molar-refractivity contribution is -0.165. The SMILES string of the molecule is CCOCC(C)OC1CC(N)C1OCC. The monoisotopic (exact) mass is 217 g/mol. The third kappa shape index (κ3) is 3.72. The highest BCUT2D eigenvalue weighted by atomic mass is 16.6. The quantitative estimate of drug-likeness (QED) is 0.689. The third-order valence-corrected chi connectivity index (χ3v) is 2.62. The molecule has 0 aliphatic heterocycles. The van der Waals surface area contributed by atoms with Crippen LogP contribution in [0.25, 0.3) is 0 Å². The summed E-state index contributed by atoms with van der Waals surface area (Å²) in [5.41, 5.74) is 5.84. The number of rotatable bonds is 7. The zero-order valence-electron chi connectivity index (χ0n) is 9.94. The second-order valence-corrected chi connectivity index (χ2v) is 3.96. The van der Waals surface area contributed by atoms with E-state index in [-0.39, 0.29) is 24.4 Å². The van der Waals surface area contributed by atoms with Crippen molar-refractivity contribution < 1.29 is 14.2 Å². The fourth-order valence-electron chi connectivity index (χ4n) is 1.79. The van der Waals surface area contributed by atoms with Crippen molar-refractivity contribution in [1.29, 1.82) is 0 Å². The molecule has 0 bridgehead atoms. The van der Waals surface area contributed by atoms with Gasteiger partial charge in [0.1, 0.15) is 0 Å². The van der Waals surface area contributed by atoms with Crippen LogP contribution in [0.5, 0.6) is 0 Å². The van der Waals surface area contributed by atoms with Crippen LogP contribution in [0.15, 0.2) is 0 Å². The first-order chi connectivity index (χ1) is 7.19. The molecule has 0 heterocycles. The summed E-state index contributed by atoms with van der Waals surface area (Å²) in [7, 11) is 0. The molecule has 90 valence electrons. The number of nitrogens with two attached hydrogens (primary N) is 1. The molecule has 0 spiro atoms. The summed E-state index contributed by atoms with van der Waals surface area (Å²) in [5, 5.41) is 0. The molecule has 4 atom stereocenters. The van der Waals surface area contributed by atoms with Crippen molar-refractivity contribution in [3.63, 3.8) is 0 Å². The smallest absolute Gasteiger partial charge is 0.0988 e. The molecule has 1 saturated carbocycles. The van der Waals surface area contributed by atoms with Gasteiger partial charge in [0, 0.05) is 19.3 Å². The summed E-state index contributed by atoms with van der Waals surface area (Å²) < 4.78 is 16.6. The van der Waals surface area contributed by atoms with E-state index >= 15 is 0 Å². The van der Waals surface area contributed by atoms with Gasteiger partial charge < -0.3 is 19.9 Å². The Morgan fingerprint density at radius 3 is 2.60 bits per heavy atom. The van der Waals surface area contributed by atoms with Gasteiger partial charge >= 0.3 is 0 Å². The minimum Gasteiger partial charge on any atom is -0.379 e. The van der Waals surface area contributed by atoms with Gasteiger partial charge in [-0.2, -0.15) is 0 Å². The Bertz CT molecular complexity index is 177. The van der Waals surface area contributed by atoms with E-state index in [1.807, 2.05) is 20.8 Å². The highest BCUT2D eigenvalue weighted by Crippen LogP contribution is 2.26. The van der Waals surface area contributed by atoms with Gasteiger partial charge in [0.05, 0.1) is 24.9 Å². The van der Waals surface area contributed by atoms with Gasteiger partial charge in [-0.3, -0.25) is 0 Å². The topological polar surface area (TPSA) is 53.7 Å². The third-order valence-electron chi connectivity index (χ3n) is 2.62. The predicted molar refractivity (Wildman–Crippen MR) is 58.8 cm³/mol. The molecule has 0 radical (unpaired) electrons. The van der Waals surface area contributed by atoms with Crippen LogP contribution in [0.4, 0.5) is 0 Å². The average Bonchev–Trinajstić information content (AvgIpc) is 2.22. The van der Waals surface area contributed by atoms with Crippen molar-refractivity contribution in [1.82, 2.24) is 0 Å². The maximum atomic E-state index is 5.84. The normalized spacial score (nSPS) is 32.4. The van der Waals surface area contributed by atoms with E-state index in [9.17, 15) is 0 Å². The Morgan fingerprint density at radius 2 is 2.07 bits per heavy atom. The summed E-state index contributed by atoms with van der Waals surface area (Å²) in [6.07, 6.45) is 1.22. The molecule has 4 nitrogen and oxygen atoms in total. The maximum Gasteiger partial charge on any atom is 0.0988 e. The maximum absolute atomic E-state index is 5.84. The Labute approximate surface area is 92.1 Å². The first kappa shape index (κ1) is 12.9. The number of hydrogen-bond donors (Lipinski definition) is 1. The predicted octanol–water partition coefficient (Wildman–Crippen LogP) is 0.933. The van der Waals surface area contributed by atoms with Gasteiger partial charge in [-0.05, 0) is 27.2 Å². The fraction of sp³-hybridized carbons (Fsp3) is 1.00. The van der Waals surface area contributed by atoms with Crippen LogP contribution in [-0.4, -0.2) is 44.2 Å². The minimum atomic E-state index is 0.0686. The molecule has 2 N–H and O–H groups in total. The van der Waals surface area contributed by atoms with Crippen LogP contribution in [0.2, 0.25) is 0 Å². The lowest BCUT2D eigenvalue weighted by Crippen LogP contribution is -2.59. The van der Waals surface area contributed by atoms with Gasteiger partial charge in [-0.1, -0.05) is 0 Å². The molecule has 0 aromatic rings. The molecule has 15 heavy (non-hydrogen) atoms. The average molecular weight is 217 g/mol. The van der Waals surface area contributed by atoms with E-state index in [0.717, 1.165) is 13.0 Å². The van der Waals surface area contributed by atoms with E-state index in [1.165, 1.54) is 0 Å². The van der Waals surface area contributed by atoms with Crippen LogP contribution < -0.4 is 5.73 Å². The number of ether oxygens (including phenoxy) is 3. The summed E-state index contributed by atoms with van der Waals surface area (Å²) in [4.78, 5) is 0. The van der Waals surface area contributed by atoms with Gasteiger partial charge in [-0.25, -0.2) is 0 Å². The Balaban J connectivity index is 2.20. The van der Waals surface area contributed by atoms with Gasteiger partial charge in [0.25, 0.3) is 0 Å². The van der Waals surface area contributed by atoms with E-state index in [1.54, 1.807) is 0 Å². The number of hydrogen-bond acceptors (Lipinski definition) is 4. The molecule has 1 aliphatic carbocycles. The molecule has 4 heteroatoms. The summed E-state index contributed by atoms with van der Waals surface area (Å²) in [6.45, 7) is 8.04. The van der Waals surface area contributed by atoms with Crippen LogP contribution in [0.3, 0.4) is 0 Å². The Hall–Kier alpha value is -0.160. The van der Waals surface area contributed by atoms with Crippen molar-refractivity contribution in [3.05, 3.63) is 0 Å². The zero-order chi connectivity index (χ0) is 11.3. The zero-order valence-corrected chi connectivity index (χ0v) is 9.94. The van der Waals surface area contributed by atoms with E-state index in [4.69, 9.17) is 19.9 Å². The molecule has 1 aliphatic rings. The molecule has 0 saturated heterocycles. The van der Waals surface area contributed by atoms with Crippen molar-refractivity contribution in [3.8, 4) is 0 Å². The van der Waals surface area contributed by atoms with Crippen molar-refractivity contribution in [2.45, 2.75) is 51.5 Å². The summed E-state index contributed by atoms with van der Waals surface area (Å²) in [5.74, 6) is 0. The Morgan fingerprint density at radius 1 is 1.33 bits per heavy atom. The highest BCUT2D eigenvalue weighted by molar-refractivity contribution is 4.95. The fourth-order valence-corrected chi connectivity index (χ4v) is 1.79. The van der Waals surface area contributed by atoms with E-state index in [2.05, 4.69) is 0 Å². The molecular weight excluding hydrogens is 194 g/mol. The second-order valence-electron chi connectivity index (χ2n) is 3.96. The van der Waals surface area contributed by atoms with Crippen LogP contribution in [0.1, 0.15) is 27.2 Å². The van der Waals surface area contributed by atoms with Crippen molar-refractivity contribution in [2.75, 3.05) is 19.8 Å². The molecule has 1 fully saturated rings. The lowest BCUT2D eigenvalue weighted by Gasteiger charge is -2.42. The van der Waals surface area contributed by atoms with Gasteiger partial charge in [-0.15, -0.1) is 0 Å². The molecule has 0 aromatic heterocycles. The first-order valence-corrected chi connectivity index (χ1v) is 5.79. The standard InChI is InChI=1S/C11H23NO3/c1-4-13-7-8(3)15-10-6-9(12)11(10)14-5-2/h8-11H,4-7,12H2,1-3H3. The van der Waals surface area contributed by atoms with Crippen LogP contribution >= 0.6 is 0 Å². The van der Waals surface area contributed by atoms with Crippen LogP contribution in [-0.2, 0) is 14.2 Å². The minimum absolute atomic E-state index is 0.0686. The molecule has 4 unspecified atom stereocenters. The highest BCUT2D eigenvalue weighted by Gasteiger charge is 2.41. The van der Waals surface area contributed by atoms with E-state index < -0.39 is 0 Å². The lowest BCUT2D eigenvalue weighted by atomic mass is 9.86. The molecule has 0 aromatic carbocycles. The second kappa shape index (κ2) is 6.43. The summed E-state index contributed by atoms with van der Waals surface area (Å²) in [6, 6.07) is 0.134. The van der Waals surface area contributed by atoms with Crippen LogP contribution in [0, 0.1) is 0 Å². The van der Waals surface area contributed by atoms with Crippen molar-refractivity contribution >= 4 is 0 Å². The van der Waals surface area contributed by atoms with Gasteiger partial charge in [0.15, 0.2) is 0 Å². The largest absolute Gasteiger partial charge is 0.379 e. The first-order valence-electron chi connectivity index (χ1n) is 5.79. The van der Waals surface area contributed by atoms with Crippen molar-refractivity contribution in [2.24, 2.45) is 5.73 Å².